The van der Waals surface area contributed by atoms with Crippen LogP contribution in [0.15, 0.2) is 42.5 Å². The minimum absolute atomic E-state index is 0.0416. The molecule has 6 rings (SSSR count). The van der Waals surface area contributed by atoms with Gasteiger partial charge in [0.25, 0.3) is 0 Å². The molecule has 4 heterocycles. The van der Waals surface area contributed by atoms with E-state index in [4.69, 9.17) is 23.7 Å². The Bertz CT molecular complexity index is 1300. The van der Waals surface area contributed by atoms with E-state index >= 15 is 0 Å². The summed E-state index contributed by atoms with van der Waals surface area (Å²) in [6, 6.07) is 10.9. The highest BCUT2D eigenvalue weighted by atomic mass is 16.7. The van der Waals surface area contributed by atoms with Crippen LogP contribution in [0.3, 0.4) is 0 Å². The van der Waals surface area contributed by atoms with Gasteiger partial charge in [0.1, 0.15) is 24.0 Å². The van der Waals surface area contributed by atoms with Crippen LogP contribution in [0.1, 0.15) is 23.3 Å². The molecule has 0 spiro atoms. The van der Waals surface area contributed by atoms with E-state index in [2.05, 4.69) is 26.2 Å². The number of aromatic nitrogens is 4. The number of ketones is 1. The van der Waals surface area contributed by atoms with Gasteiger partial charge in [0.2, 0.25) is 6.79 Å². The number of benzene rings is 2. The normalized spacial score (nSPS) is 23.8. The lowest BCUT2D eigenvalue weighted by atomic mass is 10.1. The number of nitrogens with zero attached hydrogens (tertiary/aromatic N) is 4. The Labute approximate surface area is 204 Å². The van der Waals surface area contributed by atoms with Gasteiger partial charge in [-0.1, -0.05) is 5.10 Å². The molecule has 3 aliphatic rings. The molecule has 0 unspecified atom stereocenters. The fraction of sp³-hybridized carbons (Fsp3) is 0.348. The van der Waals surface area contributed by atoms with E-state index in [1.54, 1.807) is 42.5 Å². The van der Waals surface area contributed by atoms with E-state index < -0.39 is 6.03 Å². The maximum absolute atomic E-state index is 12.5. The largest absolute Gasteiger partial charge is 0.454 e. The molecule has 13 nitrogen and oxygen atoms in total. The Hall–Kier alpha value is -4.23. The predicted molar refractivity (Wildman–Crippen MR) is 121 cm³/mol. The molecule has 3 aromatic rings. The van der Waals surface area contributed by atoms with Gasteiger partial charge in [-0.15, -0.1) is 0 Å². The average molecular weight is 494 g/mol. The van der Waals surface area contributed by atoms with Crippen LogP contribution < -0.4 is 24.8 Å². The van der Waals surface area contributed by atoms with Crippen LogP contribution in [0, 0.1) is 0 Å². The van der Waals surface area contributed by atoms with Crippen molar-refractivity contribution in [3.8, 4) is 23.3 Å². The summed E-state index contributed by atoms with van der Waals surface area (Å²) in [5.74, 6) is 1.67. The topological polar surface area (TPSA) is 148 Å². The summed E-state index contributed by atoms with van der Waals surface area (Å²) in [5.41, 5.74) is 1.14. The summed E-state index contributed by atoms with van der Waals surface area (Å²) < 4.78 is 30.1. The van der Waals surface area contributed by atoms with Crippen LogP contribution >= 0.6 is 0 Å². The number of carbonyl (C=O) groups is 2. The van der Waals surface area contributed by atoms with Crippen molar-refractivity contribution in [2.45, 2.75) is 31.2 Å². The Balaban J connectivity index is 1.09. The number of rotatable bonds is 6. The number of urea groups is 1. The van der Waals surface area contributed by atoms with Crippen molar-refractivity contribution in [2.75, 3.05) is 25.3 Å². The number of anilines is 1. The first-order valence-corrected chi connectivity index (χ1v) is 11.3. The van der Waals surface area contributed by atoms with Crippen molar-refractivity contribution in [3.63, 3.8) is 0 Å². The van der Waals surface area contributed by atoms with Crippen LogP contribution in [-0.4, -0.2) is 70.3 Å². The summed E-state index contributed by atoms with van der Waals surface area (Å²) in [4.78, 5) is 24.0. The number of Topliss-reactive ketones (excluding diaryl/α,β-unsaturated/α-hetero) is 1. The lowest BCUT2D eigenvalue weighted by Crippen LogP contribution is -2.45. The Morgan fingerprint density at radius 3 is 2.67 bits per heavy atom. The molecule has 2 fully saturated rings. The molecule has 2 saturated heterocycles. The van der Waals surface area contributed by atoms with E-state index in [0.717, 1.165) is 0 Å². The second-order valence-corrected chi connectivity index (χ2v) is 8.52. The highest BCUT2D eigenvalue weighted by Gasteiger charge is 2.50. The van der Waals surface area contributed by atoms with Crippen molar-refractivity contribution < 1.29 is 33.3 Å². The molecule has 2 N–H and O–H groups in total. The van der Waals surface area contributed by atoms with Gasteiger partial charge in [0, 0.05) is 17.3 Å². The molecule has 0 aliphatic carbocycles. The standard InChI is InChI=1S/C23H22N6O7/c1-12(30)13-2-4-14(5-3-13)24-22(31)25-16-9-32-21-17(10-33-20(16)21)29-23(26-27-28-29)36-15-6-7-18-19(8-15)35-11-34-18/h2-8,16-17,20-21H,9-11H2,1H3,(H2,24,25,31)/t16-,17+,20-,21+/m1/s1. The summed E-state index contributed by atoms with van der Waals surface area (Å²) in [5, 5.41) is 17.5. The fourth-order valence-electron chi connectivity index (χ4n) is 4.44. The third kappa shape index (κ3) is 4.18. The third-order valence-electron chi connectivity index (χ3n) is 6.22. The molecule has 0 bridgehead atoms. The summed E-state index contributed by atoms with van der Waals surface area (Å²) in [6.45, 7) is 2.20. The van der Waals surface area contributed by atoms with Crippen LogP contribution in [0.2, 0.25) is 0 Å². The number of hydrogen-bond donors (Lipinski definition) is 2. The zero-order valence-electron chi connectivity index (χ0n) is 19.1. The molecular formula is C23H22N6O7. The molecule has 2 aromatic carbocycles. The lowest BCUT2D eigenvalue weighted by molar-refractivity contribution is 0.0613. The minimum atomic E-state index is -0.402. The number of tetrazole rings is 1. The maximum atomic E-state index is 12.5. The van der Waals surface area contributed by atoms with Gasteiger partial charge in [-0.05, 0) is 53.7 Å². The molecule has 0 saturated carbocycles. The molecule has 2 amide bonds. The first-order valence-electron chi connectivity index (χ1n) is 11.3. The van der Waals surface area contributed by atoms with Gasteiger partial charge in [-0.3, -0.25) is 4.79 Å². The summed E-state index contributed by atoms with van der Waals surface area (Å²) in [6.07, 6.45) is -0.767. The van der Waals surface area contributed by atoms with Crippen LogP contribution in [0.5, 0.6) is 23.3 Å². The van der Waals surface area contributed by atoms with E-state index in [0.29, 0.717) is 28.5 Å². The molecule has 0 radical (unpaired) electrons. The first-order chi connectivity index (χ1) is 17.5. The minimum Gasteiger partial charge on any atom is -0.454 e. The summed E-state index contributed by atoms with van der Waals surface area (Å²) in [7, 11) is 0. The first kappa shape index (κ1) is 22.2. The van der Waals surface area contributed by atoms with Crippen molar-refractivity contribution in [3.05, 3.63) is 48.0 Å². The van der Waals surface area contributed by atoms with Crippen molar-refractivity contribution in [1.29, 1.82) is 0 Å². The van der Waals surface area contributed by atoms with Gasteiger partial charge in [0.05, 0.1) is 19.3 Å². The van der Waals surface area contributed by atoms with Crippen molar-refractivity contribution in [2.24, 2.45) is 0 Å². The zero-order chi connectivity index (χ0) is 24.6. The Morgan fingerprint density at radius 2 is 1.83 bits per heavy atom. The highest BCUT2D eigenvalue weighted by Crippen LogP contribution is 2.38. The second-order valence-electron chi connectivity index (χ2n) is 8.52. The quantitative estimate of drug-likeness (QED) is 0.487. The smallest absolute Gasteiger partial charge is 0.341 e. The van der Waals surface area contributed by atoms with Gasteiger partial charge in [-0.25, -0.2) is 4.79 Å². The van der Waals surface area contributed by atoms with Crippen molar-refractivity contribution >= 4 is 17.5 Å². The highest BCUT2D eigenvalue weighted by molar-refractivity contribution is 5.95. The fourth-order valence-corrected chi connectivity index (χ4v) is 4.44. The lowest BCUT2D eigenvalue weighted by Gasteiger charge is -2.18. The Kier molecular flexibility index (Phi) is 5.62. The number of ether oxygens (including phenoxy) is 5. The third-order valence-corrected chi connectivity index (χ3v) is 6.22. The monoisotopic (exact) mass is 494 g/mol. The van der Waals surface area contributed by atoms with Gasteiger partial charge in [0.15, 0.2) is 17.3 Å². The number of fused-ring (bicyclic) bond motifs is 2. The summed E-state index contributed by atoms with van der Waals surface area (Å²) >= 11 is 0. The molecule has 186 valence electrons. The maximum Gasteiger partial charge on any atom is 0.341 e. The molecule has 4 atom stereocenters. The molecular weight excluding hydrogens is 472 g/mol. The van der Waals surface area contributed by atoms with Gasteiger partial charge < -0.3 is 34.3 Å². The van der Waals surface area contributed by atoms with E-state index in [1.807, 2.05) is 0 Å². The van der Waals surface area contributed by atoms with Crippen LogP contribution in [0.25, 0.3) is 0 Å². The second kappa shape index (κ2) is 9.09. The van der Waals surface area contributed by atoms with E-state index in [9.17, 15) is 9.59 Å². The molecule has 36 heavy (non-hydrogen) atoms. The van der Waals surface area contributed by atoms with Gasteiger partial charge in [-0.2, -0.15) is 4.68 Å². The van der Waals surface area contributed by atoms with Crippen molar-refractivity contribution in [1.82, 2.24) is 25.5 Å². The predicted octanol–water partition coefficient (Wildman–Crippen LogP) is 1.93. The molecule has 13 heteroatoms. The van der Waals surface area contributed by atoms with E-state index in [1.165, 1.54) is 11.6 Å². The number of amides is 2. The Morgan fingerprint density at radius 1 is 1.03 bits per heavy atom. The van der Waals surface area contributed by atoms with Crippen LogP contribution in [0.4, 0.5) is 10.5 Å². The van der Waals surface area contributed by atoms with Crippen LogP contribution in [-0.2, 0) is 9.47 Å². The molecule has 1 aromatic heterocycles. The van der Waals surface area contributed by atoms with E-state index in [-0.39, 0.29) is 56.1 Å². The number of nitrogens with one attached hydrogen (secondary N) is 2. The number of hydrogen-bond acceptors (Lipinski definition) is 10. The SMILES string of the molecule is CC(=O)c1ccc(NC(=O)N[C@@H]2CO[C@@H]3[C@@H]2OC[C@@H]3n2nnnc2Oc2ccc3c(c2)OCO3)cc1. The van der Waals surface area contributed by atoms with Gasteiger partial charge >= 0.3 is 12.0 Å². The zero-order valence-corrected chi connectivity index (χ0v) is 19.1. The number of carbonyl (C=O) groups excluding carboxylic acids is 2. The average Bonchev–Trinajstić information content (AvgIpc) is 3.65. The molecule has 3 aliphatic heterocycles.